The first kappa shape index (κ1) is 14.6. The van der Waals surface area contributed by atoms with Crippen LogP contribution in [0, 0.1) is 0 Å². The van der Waals surface area contributed by atoms with Crippen molar-refractivity contribution in [2.45, 2.75) is 32.2 Å². The first-order valence-corrected chi connectivity index (χ1v) is 7.71. The van der Waals surface area contributed by atoms with Gasteiger partial charge in [0, 0.05) is 16.6 Å². The normalized spacial score (nSPS) is 12.0. The Kier molecular flexibility index (Phi) is 3.62. The summed E-state index contributed by atoms with van der Waals surface area (Å²) in [5.41, 5.74) is 16.1. The van der Waals surface area contributed by atoms with Gasteiger partial charge in [-0.1, -0.05) is 32.0 Å². The molecule has 0 aliphatic heterocycles. The highest BCUT2D eigenvalue weighted by Gasteiger charge is 2.22. The molecule has 0 saturated heterocycles. The van der Waals surface area contributed by atoms with Crippen molar-refractivity contribution in [1.29, 1.82) is 0 Å². The summed E-state index contributed by atoms with van der Waals surface area (Å²) in [4.78, 5) is 0. The lowest BCUT2D eigenvalue weighted by molar-refractivity contribution is 0.413. The van der Waals surface area contributed by atoms with E-state index in [-0.39, 0.29) is 5.54 Å². The smallest absolute Gasteiger partial charge is 0.0761 e. The molecule has 4 nitrogen and oxygen atoms in total. The standard InChI is InChI=1S/C18H22N4/c1-3-18(20,4-2)13-8-10-14(11-9-13)22-17-7-5-6-16(19)15(17)12-21-22/h5-12H,3-4,19-20H2,1-2H3. The summed E-state index contributed by atoms with van der Waals surface area (Å²) in [7, 11) is 0. The van der Waals surface area contributed by atoms with Crippen LogP contribution in [0.4, 0.5) is 5.69 Å². The average Bonchev–Trinajstić information content (AvgIpc) is 3.00. The fourth-order valence-corrected chi connectivity index (χ4v) is 2.87. The number of benzene rings is 2. The summed E-state index contributed by atoms with van der Waals surface area (Å²) >= 11 is 0. The minimum atomic E-state index is -0.255. The predicted octanol–water partition coefficient (Wildman–Crippen LogP) is 3.58. The molecule has 0 fully saturated rings. The SMILES string of the molecule is CCC(N)(CC)c1ccc(-n2ncc3c(N)cccc32)cc1. The summed E-state index contributed by atoms with van der Waals surface area (Å²) in [5, 5.41) is 5.44. The number of hydrogen-bond donors (Lipinski definition) is 2. The van der Waals surface area contributed by atoms with Crippen LogP contribution < -0.4 is 11.5 Å². The maximum Gasteiger partial charge on any atom is 0.0761 e. The Morgan fingerprint density at radius 1 is 1.05 bits per heavy atom. The zero-order valence-electron chi connectivity index (χ0n) is 13.1. The molecular weight excluding hydrogens is 272 g/mol. The molecular formula is C18H22N4. The number of nitrogens with two attached hydrogens (primary N) is 2. The first-order chi connectivity index (χ1) is 10.6. The summed E-state index contributed by atoms with van der Waals surface area (Å²) < 4.78 is 1.91. The molecule has 0 bridgehead atoms. The van der Waals surface area contributed by atoms with Crippen LogP contribution in [0.25, 0.3) is 16.6 Å². The molecule has 3 rings (SSSR count). The second kappa shape index (κ2) is 5.46. The minimum absolute atomic E-state index is 0.255. The molecule has 22 heavy (non-hydrogen) atoms. The molecule has 1 heterocycles. The molecule has 0 spiro atoms. The van der Waals surface area contributed by atoms with Crippen molar-refractivity contribution >= 4 is 16.6 Å². The van der Waals surface area contributed by atoms with E-state index in [4.69, 9.17) is 11.5 Å². The third kappa shape index (κ3) is 2.25. The molecule has 0 radical (unpaired) electrons. The van der Waals surface area contributed by atoms with E-state index in [2.05, 4.69) is 43.2 Å². The van der Waals surface area contributed by atoms with Crippen molar-refractivity contribution in [3.05, 3.63) is 54.2 Å². The van der Waals surface area contributed by atoms with Crippen LogP contribution in [0.1, 0.15) is 32.3 Å². The molecule has 0 saturated carbocycles. The van der Waals surface area contributed by atoms with Crippen LogP contribution in [0.15, 0.2) is 48.7 Å². The van der Waals surface area contributed by atoms with Crippen molar-refractivity contribution in [2.24, 2.45) is 5.73 Å². The highest BCUT2D eigenvalue weighted by Crippen LogP contribution is 2.28. The molecule has 4 N–H and O–H groups in total. The highest BCUT2D eigenvalue weighted by molar-refractivity contribution is 5.91. The molecule has 0 aliphatic rings. The van der Waals surface area contributed by atoms with Crippen molar-refractivity contribution in [2.75, 3.05) is 5.73 Å². The second-order valence-corrected chi connectivity index (χ2v) is 5.75. The maximum atomic E-state index is 6.46. The van der Waals surface area contributed by atoms with Crippen LogP contribution in [-0.4, -0.2) is 9.78 Å². The van der Waals surface area contributed by atoms with Gasteiger partial charge in [-0.2, -0.15) is 5.10 Å². The van der Waals surface area contributed by atoms with Gasteiger partial charge < -0.3 is 11.5 Å². The number of rotatable bonds is 4. The molecule has 1 aromatic heterocycles. The summed E-state index contributed by atoms with van der Waals surface area (Å²) in [6, 6.07) is 14.2. The topological polar surface area (TPSA) is 69.9 Å². The van der Waals surface area contributed by atoms with Crippen LogP contribution in [-0.2, 0) is 5.54 Å². The molecule has 3 aromatic rings. The molecule has 2 aromatic carbocycles. The van der Waals surface area contributed by atoms with Gasteiger partial charge >= 0.3 is 0 Å². The van der Waals surface area contributed by atoms with E-state index >= 15 is 0 Å². The van der Waals surface area contributed by atoms with Crippen LogP contribution >= 0.6 is 0 Å². The van der Waals surface area contributed by atoms with E-state index in [0.717, 1.165) is 40.7 Å². The van der Waals surface area contributed by atoms with E-state index < -0.39 is 0 Å². The Hall–Kier alpha value is -2.33. The molecule has 0 atom stereocenters. The fraction of sp³-hybridized carbons (Fsp3) is 0.278. The Morgan fingerprint density at radius 3 is 2.36 bits per heavy atom. The number of nitrogen functional groups attached to an aromatic ring is 1. The summed E-state index contributed by atoms with van der Waals surface area (Å²) in [6.45, 7) is 4.25. The molecule has 0 aliphatic carbocycles. The Labute approximate surface area is 130 Å². The number of fused-ring (bicyclic) bond motifs is 1. The monoisotopic (exact) mass is 294 g/mol. The third-order valence-corrected chi connectivity index (χ3v) is 4.60. The Balaban J connectivity index is 2.04. The van der Waals surface area contributed by atoms with E-state index in [1.54, 1.807) is 0 Å². The fourth-order valence-electron chi connectivity index (χ4n) is 2.87. The molecule has 114 valence electrons. The summed E-state index contributed by atoms with van der Waals surface area (Å²) in [6.07, 6.45) is 3.65. The molecule has 4 heteroatoms. The Bertz CT molecular complexity index is 782. The van der Waals surface area contributed by atoms with Crippen molar-refractivity contribution in [3.8, 4) is 5.69 Å². The highest BCUT2D eigenvalue weighted by atomic mass is 15.3. The lowest BCUT2D eigenvalue weighted by Crippen LogP contribution is -2.34. The van der Waals surface area contributed by atoms with Gasteiger partial charge in [-0.15, -0.1) is 0 Å². The van der Waals surface area contributed by atoms with Gasteiger partial charge in [0.25, 0.3) is 0 Å². The first-order valence-electron chi connectivity index (χ1n) is 7.71. The van der Waals surface area contributed by atoms with E-state index in [0.29, 0.717) is 0 Å². The minimum Gasteiger partial charge on any atom is -0.398 e. The van der Waals surface area contributed by atoms with Gasteiger partial charge in [0.2, 0.25) is 0 Å². The Morgan fingerprint density at radius 2 is 1.73 bits per heavy atom. The van der Waals surface area contributed by atoms with Crippen molar-refractivity contribution in [3.63, 3.8) is 0 Å². The average molecular weight is 294 g/mol. The van der Waals surface area contributed by atoms with Crippen LogP contribution in [0.2, 0.25) is 0 Å². The van der Waals surface area contributed by atoms with Gasteiger partial charge in [0.1, 0.15) is 0 Å². The quantitative estimate of drug-likeness (QED) is 0.722. The number of aromatic nitrogens is 2. The van der Waals surface area contributed by atoms with Gasteiger partial charge in [-0.3, -0.25) is 0 Å². The zero-order valence-corrected chi connectivity index (χ0v) is 13.1. The van der Waals surface area contributed by atoms with E-state index in [1.807, 2.05) is 29.1 Å². The van der Waals surface area contributed by atoms with E-state index in [1.165, 1.54) is 0 Å². The van der Waals surface area contributed by atoms with Gasteiger partial charge in [0.15, 0.2) is 0 Å². The summed E-state index contributed by atoms with van der Waals surface area (Å²) in [5.74, 6) is 0. The second-order valence-electron chi connectivity index (χ2n) is 5.75. The van der Waals surface area contributed by atoms with Gasteiger partial charge in [0.05, 0.1) is 17.4 Å². The largest absolute Gasteiger partial charge is 0.398 e. The van der Waals surface area contributed by atoms with Crippen molar-refractivity contribution < 1.29 is 0 Å². The van der Waals surface area contributed by atoms with E-state index in [9.17, 15) is 0 Å². The van der Waals surface area contributed by atoms with Crippen LogP contribution in [0.5, 0.6) is 0 Å². The van der Waals surface area contributed by atoms with Crippen LogP contribution in [0.3, 0.4) is 0 Å². The zero-order chi connectivity index (χ0) is 15.7. The number of hydrogen-bond acceptors (Lipinski definition) is 3. The molecule has 0 amide bonds. The lowest BCUT2D eigenvalue weighted by Gasteiger charge is -2.27. The maximum absolute atomic E-state index is 6.46. The predicted molar refractivity (Wildman–Crippen MR) is 91.9 cm³/mol. The third-order valence-electron chi connectivity index (χ3n) is 4.60. The van der Waals surface area contributed by atoms with Gasteiger partial charge in [-0.25, -0.2) is 4.68 Å². The van der Waals surface area contributed by atoms with Gasteiger partial charge in [-0.05, 0) is 42.7 Å². The number of nitrogens with zero attached hydrogens (tertiary/aromatic N) is 2. The van der Waals surface area contributed by atoms with Crippen molar-refractivity contribution in [1.82, 2.24) is 9.78 Å². The lowest BCUT2D eigenvalue weighted by atomic mass is 9.86. The molecule has 0 unspecified atom stereocenters. The number of anilines is 1.